The van der Waals surface area contributed by atoms with Gasteiger partial charge in [0, 0.05) is 26.2 Å². The first-order valence-electron chi connectivity index (χ1n) is 5.91. The summed E-state index contributed by atoms with van der Waals surface area (Å²) in [5, 5.41) is 3.23. The third-order valence-electron chi connectivity index (χ3n) is 3.48. The quantitative estimate of drug-likeness (QED) is 0.807. The Hall–Kier alpha value is -0.290. The van der Waals surface area contributed by atoms with E-state index in [2.05, 4.69) is 10.2 Å². The molecule has 0 amide bonds. The molecule has 0 radical (unpaired) electrons. The topological polar surface area (TPSA) is 15.3 Å². The van der Waals surface area contributed by atoms with Crippen LogP contribution < -0.4 is 5.32 Å². The Morgan fingerprint density at radius 2 is 1.75 bits per heavy atom. The molecule has 0 aromatic carbocycles. The van der Waals surface area contributed by atoms with Crippen molar-refractivity contribution in [1.82, 2.24) is 10.2 Å². The van der Waals surface area contributed by atoms with E-state index in [0.717, 1.165) is 32.7 Å². The highest BCUT2D eigenvalue weighted by molar-refractivity contribution is 4.73. The molecule has 2 atom stereocenters. The van der Waals surface area contributed by atoms with Crippen molar-refractivity contribution in [2.45, 2.75) is 26.4 Å². The Labute approximate surface area is 95.2 Å². The van der Waals surface area contributed by atoms with E-state index in [1.807, 2.05) is 0 Å². The summed E-state index contributed by atoms with van der Waals surface area (Å²) in [6, 6.07) is 0. The SMILES string of the molecule is CC(CCN1CCNCC1)C(C)C(F)(F)F. The number of nitrogens with one attached hydrogen (secondary N) is 1. The number of halogens is 3. The molecule has 1 aliphatic heterocycles. The fourth-order valence-corrected chi connectivity index (χ4v) is 1.89. The number of rotatable bonds is 4. The number of alkyl halides is 3. The average Bonchev–Trinajstić information content (AvgIpc) is 2.25. The van der Waals surface area contributed by atoms with Gasteiger partial charge < -0.3 is 10.2 Å². The standard InChI is InChI=1S/C11H21F3N2/c1-9(10(2)11(12,13)14)3-6-16-7-4-15-5-8-16/h9-10,15H,3-8H2,1-2H3. The lowest BCUT2D eigenvalue weighted by Gasteiger charge is -2.29. The molecule has 0 bridgehead atoms. The van der Waals surface area contributed by atoms with E-state index in [9.17, 15) is 13.2 Å². The van der Waals surface area contributed by atoms with Crippen molar-refractivity contribution in [2.75, 3.05) is 32.7 Å². The van der Waals surface area contributed by atoms with Crippen LogP contribution >= 0.6 is 0 Å². The van der Waals surface area contributed by atoms with Gasteiger partial charge in [-0.05, 0) is 18.9 Å². The van der Waals surface area contributed by atoms with E-state index >= 15 is 0 Å². The van der Waals surface area contributed by atoms with Crippen LogP contribution in [0.5, 0.6) is 0 Å². The minimum atomic E-state index is -4.05. The summed E-state index contributed by atoms with van der Waals surface area (Å²) in [7, 11) is 0. The number of hydrogen-bond acceptors (Lipinski definition) is 2. The second-order valence-electron chi connectivity index (χ2n) is 4.69. The summed E-state index contributed by atoms with van der Waals surface area (Å²) in [4.78, 5) is 2.23. The predicted molar refractivity (Wildman–Crippen MR) is 58.3 cm³/mol. The molecule has 2 nitrogen and oxygen atoms in total. The zero-order valence-corrected chi connectivity index (χ0v) is 9.98. The zero-order valence-electron chi connectivity index (χ0n) is 9.98. The molecule has 1 fully saturated rings. The fraction of sp³-hybridized carbons (Fsp3) is 1.00. The van der Waals surface area contributed by atoms with Gasteiger partial charge in [0.1, 0.15) is 0 Å². The Kier molecular flexibility index (Phi) is 5.05. The van der Waals surface area contributed by atoms with Crippen LogP contribution in [0.2, 0.25) is 0 Å². The highest BCUT2D eigenvalue weighted by Crippen LogP contribution is 2.33. The molecule has 0 saturated carbocycles. The molecule has 96 valence electrons. The van der Waals surface area contributed by atoms with Crippen molar-refractivity contribution in [3.05, 3.63) is 0 Å². The van der Waals surface area contributed by atoms with E-state index in [1.54, 1.807) is 6.92 Å². The Balaban J connectivity index is 2.25. The van der Waals surface area contributed by atoms with Crippen LogP contribution in [0.3, 0.4) is 0 Å². The minimum Gasteiger partial charge on any atom is -0.314 e. The molecule has 16 heavy (non-hydrogen) atoms. The maximum absolute atomic E-state index is 12.4. The van der Waals surface area contributed by atoms with Crippen LogP contribution in [0.15, 0.2) is 0 Å². The predicted octanol–water partition coefficient (Wildman–Crippen LogP) is 2.12. The summed E-state index contributed by atoms with van der Waals surface area (Å²) in [6.45, 7) is 7.55. The van der Waals surface area contributed by atoms with Gasteiger partial charge in [-0.25, -0.2) is 0 Å². The van der Waals surface area contributed by atoms with E-state index < -0.39 is 12.1 Å². The van der Waals surface area contributed by atoms with Gasteiger partial charge >= 0.3 is 6.18 Å². The maximum Gasteiger partial charge on any atom is 0.391 e. The van der Waals surface area contributed by atoms with Crippen LogP contribution in [0.1, 0.15) is 20.3 Å². The van der Waals surface area contributed by atoms with Gasteiger partial charge in [-0.1, -0.05) is 13.8 Å². The van der Waals surface area contributed by atoms with Crippen molar-refractivity contribution in [2.24, 2.45) is 11.8 Å². The van der Waals surface area contributed by atoms with Crippen molar-refractivity contribution in [3.8, 4) is 0 Å². The van der Waals surface area contributed by atoms with Gasteiger partial charge in [-0.15, -0.1) is 0 Å². The fourth-order valence-electron chi connectivity index (χ4n) is 1.89. The van der Waals surface area contributed by atoms with Crippen molar-refractivity contribution >= 4 is 0 Å². The van der Waals surface area contributed by atoms with Crippen molar-refractivity contribution in [3.63, 3.8) is 0 Å². The van der Waals surface area contributed by atoms with Gasteiger partial charge in [0.25, 0.3) is 0 Å². The van der Waals surface area contributed by atoms with Crippen LogP contribution in [0.4, 0.5) is 13.2 Å². The van der Waals surface area contributed by atoms with E-state index in [-0.39, 0.29) is 5.92 Å². The Bertz CT molecular complexity index is 200. The second kappa shape index (κ2) is 5.87. The summed E-state index contributed by atoms with van der Waals surface area (Å²) in [6.07, 6.45) is -3.43. The average molecular weight is 238 g/mol. The Morgan fingerprint density at radius 3 is 2.25 bits per heavy atom. The van der Waals surface area contributed by atoms with Crippen LogP contribution in [0, 0.1) is 11.8 Å². The molecule has 5 heteroatoms. The third kappa shape index (κ3) is 4.29. The largest absolute Gasteiger partial charge is 0.391 e. The molecule has 0 aliphatic carbocycles. The molecule has 0 spiro atoms. The molecule has 1 N–H and O–H groups in total. The number of nitrogens with zero attached hydrogens (tertiary/aromatic N) is 1. The summed E-state index contributed by atoms with van der Waals surface area (Å²) in [5.41, 5.74) is 0. The van der Waals surface area contributed by atoms with Gasteiger partial charge in [0.15, 0.2) is 0 Å². The van der Waals surface area contributed by atoms with Gasteiger partial charge in [-0.2, -0.15) is 13.2 Å². The van der Waals surface area contributed by atoms with Crippen LogP contribution in [-0.2, 0) is 0 Å². The number of hydrogen-bond donors (Lipinski definition) is 1. The van der Waals surface area contributed by atoms with Crippen LogP contribution in [0.25, 0.3) is 0 Å². The van der Waals surface area contributed by atoms with Crippen molar-refractivity contribution < 1.29 is 13.2 Å². The second-order valence-corrected chi connectivity index (χ2v) is 4.69. The normalized spacial score (nSPS) is 23.1. The molecular formula is C11H21F3N2. The lowest BCUT2D eigenvalue weighted by atomic mass is 9.92. The Morgan fingerprint density at radius 1 is 1.19 bits per heavy atom. The molecule has 1 heterocycles. The zero-order chi connectivity index (χ0) is 12.2. The van der Waals surface area contributed by atoms with Gasteiger partial charge in [-0.3, -0.25) is 0 Å². The summed E-state index contributed by atoms with van der Waals surface area (Å²) >= 11 is 0. The van der Waals surface area contributed by atoms with Gasteiger partial charge in [0.05, 0.1) is 5.92 Å². The molecule has 1 saturated heterocycles. The monoisotopic (exact) mass is 238 g/mol. The first kappa shape index (κ1) is 13.8. The summed E-state index contributed by atoms with van der Waals surface area (Å²) < 4.78 is 37.3. The molecule has 1 rings (SSSR count). The van der Waals surface area contributed by atoms with E-state index in [0.29, 0.717) is 6.42 Å². The summed E-state index contributed by atoms with van der Waals surface area (Å²) in [5.74, 6) is -1.50. The maximum atomic E-state index is 12.4. The molecule has 2 unspecified atom stereocenters. The highest BCUT2D eigenvalue weighted by Gasteiger charge is 2.39. The molecule has 0 aromatic rings. The smallest absolute Gasteiger partial charge is 0.314 e. The first-order chi connectivity index (χ1) is 7.41. The van der Waals surface area contributed by atoms with Gasteiger partial charge in [0.2, 0.25) is 0 Å². The van der Waals surface area contributed by atoms with Crippen molar-refractivity contribution in [1.29, 1.82) is 0 Å². The van der Waals surface area contributed by atoms with E-state index in [1.165, 1.54) is 6.92 Å². The minimum absolute atomic E-state index is 0.296. The lowest BCUT2D eigenvalue weighted by Crippen LogP contribution is -2.44. The highest BCUT2D eigenvalue weighted by atomic mass is 19.4. The molecular weight excluding hydrogens is 217 g/mol. The lowest BCUT2D eigenvalue weighted by molar-refractivity contribution is -0.182. The first-order valence-corrected chi connectivity index (χ1v) is 5.91. The number of piperazine rings is 1. The third-order valence-corrected chi connectivity index (χ3v) is 3.48. The molecule has 0 aromatic heterocycles. The van der Waals surface area contributed by atoms with Crippen LogP contribution in [-0.4, -0.2) is 43.8 Å². The molecule has 1 aliphatic rings. The van der Waals surface area contributed by atoms with E-state index in [4.69, 9.17) is 0 Å².